The van der Waals surface area contributed by atoms with Crippen LogP contribution < -0.4 is 16.4 Å². The molecule has 0 bridgehead atoms. The SMILES string of the molecule is CN(C)C(=O)NCCNC(=O)C(N)CC(=O)O. The summed E-state index contributed by atoms with van der Waals surface area (Å²) in [6.45, 7) is 0.453. The van der Waals surface area contributed by atoms with Gasteiger partial charge in [-0.15, -0.1) is 0 Å². The van der Waals surface area contributed by atoms with Crippen LogP contribution in [0, 0.1) is 0 Å². The number of hydrogen-bond acceptors (Lipinski definition) is 4. The molecule has 0 aliphatic heterocycles. The topological polar surface area (TPSA) is 125 Å². The van der Waals surface area contributed by atoms with Crippen molar-refractivity contribution in [3.63, 3.8) is 0 Å². The summed E-state index contributed by atoms with van der Waals surface area (Å²) in [5.74, 6) is -1.68. The highest BCUT2D eigenvalue weighted by atomic mass is 16.4. The van der Waals surface area contributed by atoms with Crippen molar-refractivity contribution in [1.29, 1.82) is 0 Å². The monoisotopic (exact) mass is 246 g/mol. The van der Waals surface area contributed by atoms with E-state index in [2.05, 4.69) is 10.6 Å². The molecule has 0 aromatic rings. The number of carbonyl (C=O) groups excluding carboxylic acids is 2. The second-order valence-corrected chi connectivity index (χ2v) is 3.62. The molecule has 0 aromatic heterocycles. The Bertz CT molecular complexity index is 293. The molecular formula is C9H18N4O4. The van der Waals surface area contributed by atoms with Crippen LogP contribution >= 0.6 is 0 Å². The third-order valence-electron chi connectivity index (χ3n) is 1.84. The highest BCUT2D eigenvalue weighted by molar-refractivity contribution is 5.85. The lowest BCUT2D eigenvalue weighted by Crippen LogP contribution is -2.45. The van der Waals surface area contributed by atoms with Crippen molar-refractivity contribution in [3.05, 3.63) is 0 Å². The van der Waals surface area contributed by atoms with E-state index in [0.29, 0.717) is 0 Å². The average Bonchev–Trinajstić information content (AvgIpc) is 2.22. The summed E-state index contributed by atoms with van der Waals surface area (Å²) < 4.78 is 0. The van der Waals surface area contributed by atoms with E-state index in [1.54, 1.807) is 14.1 Å². The zero-order chi connectivity index (χ0) is 13.4. The maximum atomic E-state index is 11.2. The summed E-state index contributed by atoms with van der Waals surface area (Å²) in [5.41, 5.74) is 5.32. The van der Waals surface area contributed by atoms with Gasteiger partial charge in [0.1, 0.15) is 0 Å². The highest BCUT2D eigenvalue weighted by Gasteiger charge is 2.16. The van der Waals surface area contributed by atoms with E-state index in [9.17, 15) is 14.4 Å². The predicted octanol–water partition coefficient (Wildman–Crippen LogP) is -1.82. The Hall–Kier alpha value is -1.83. The lowest BCUT2D eigenvalue weighted by molar-refractivity contribution is -0.139. The van der Waals surface area contributed by atoms with Crippen molar-refractivity contribution in [1.82, 2.24) is 15.5 Å². The van der Waals surface area contributed by atoms with E-state index in [0.717, 1.165) is 0 Å². The first-order chi connectivity index (χ1) is 7.84. The minimum absolute atomic E-state index is 0.200. The number of hydrogen-bond donors (Lipinski definition) is 4. The summed E-state index contributed by atoms with van der Waals surface area (Å²) in [5, 5.41) is 13.4. The predicted molar refractivity (Wildman–Crippen MR) is 60.3 cm³/mol. The zero-order valence-electron chi connectivity index (χ0n) is 9.90. The molecule has 0 saturated heterocycles. The van der Waals surface area contributed by atoms with Crippen molar-refractivity contribution in [2.75, 3.05) is 27.2 Å². The van der Waals surface area contributed by atoms with Crippen LogP contribution in [0.1, 0.15) is 6.42 Å². The first-order valence-electron chi connectivity index (χ1n) is 5.04. The number of carboxylic acids is 1. The molecule has 0 aromatic carbocycles. The Morgan fingerprint density at radius 3 is 2.24 bits per heavy atom. The van der Waals surface area contributed by atoms with Crippen LogP contribution in [0.3, 0.4) is 0 Å². The molecule has 0 fully saturated rings. The van der Waals surface area contributed by atoms with Gasteiger partial charge in [-0.2, -0.15) is 0 Å². The number of nitrogens with one attached hydrogen (secondary N) is 2. The lowest BCUT2D eigenvalue weighted by Gasteiger charge is -2.13. The van der Waals surface area contributed by atoms with Gasteiger partial charge in [0.2, 0.25) is 5.91 Å². The van der Waals surface area contributed by atoms with Gasteiger partial charge in [0.05, 0.1) is 12.5 Å². The molecule has 1 atom stereocenters. The number of amides is 3. The van der Waals surface area contributed by atoms with E-state index in [1.807, 2.05) is 0 Å². The third-order valence-corrected chi connectivity index (χ3v) is 1.84. The van der Waals surface area contributed by atoms with Crippen LogP contribution in [0.5, 0.6) is 0 Å². The molecule has 0 rings (SSSR count). The second kappa shape index (κ2) is 7.44. The molecule has 0 spiro atoms. The van der Waals surface area contributed by atoms with Crippen molar-refractivity contribution >= 4 is 17.9 Å². The van der Waals surface area contributed by atoms with Crippen LogP contribution in [-0.4, -0.2) is 61.1 Å². The Labute approximate surface area is 99.1 Å². The van der Waals surface area contributed by atoms with Crippen molar-refractivity contribution in [2.24, 2.45) is 5.73 Å². The molecular weight excluding hydrogens is 228 g/mol. The van der Waals surface area contributed by atoms with E-state index in [-0.39, 0.29) is 19.1 Å². The summed E-state index contributed by atoms with van der Waals surface area (Å²) in [7, 11) is 3.19. The molecule has 98 valence electrons. The lowest BCUT2D eigenvalue weighted by atomic mass is 10.2. The minimum Gasteiger partial charge on any atom is -0.481 e. The van der Waals surface area contributed by atoms with Gasteiger partial charge >= 0.3 is 12.0 Å². The van der Waals surface area contributed by atoms with Gasteiger partial charge in [0, 0.05) is 27.2 Å². The van der Waals surface area contributed by atoms with E-state index >= 15 is 0 Å². The fourth-order valence-corrected chi connectivity index (χ4v) is 0.925. The average molecular weight is 246 g/mol. The Kier molecular flexibility index (Phi) is 6.64. The molecule has 0 saturated carbocycles. The van der Waals surface area contributed by atoms with E-state index in [4.69, 9.17) is 10.8 Å². The first kappa shape index (κ1) is 15.2. The number of nitrogens with zero attached hydrogens (tertiary/aromatic N) is 1. The molecule has 8 nitrogen and oxygen atoms in total. The van der Waals surface area contributed by atoms with Crippen molar-refractivity contribution in [3.8, 4) is 0 Å². The molecule has 5 N–H and O–H groups in total. The summed E-state index contributed by atoms with van der Waals surface area (Å²) in [4.78, 5) is 33.9. The van der Waals surface area contributed by atoms with Crippen molar-refractivity contribution in [2.45, 2.75) is 12.5 Å². The van der Waals surface area contributed by atoms with Crippen LogP contribution in [0.15, 0.2) is 0 Å². The molecule has 0 heterocycles. The highest BCUT2D eigenvalue weighted by Crippen LogP contribution is 1.87. The maximum Gasteiger partial charge on any atom is 0.316 e. The van der Waals surface area contributed by atoms with Gasteiger partial charge < -0.3 is 26.4 Å². The van der Waals surface area contributed by atoms with E-state index < -0.39 is 24.3 Å². The number of urea groups is 1. The minimum atomic E-state index is -1.13. The number of aliphatic carboxylic acids is 1. The number of rotatable bonds is 6. The first-order valence-corrected chi connectivity index (χ1v) is 5.04. The standard InChI is InChI=1S/C9H18N4O4/c1-13(2)9(17)12-4-3-11-8(16)6(10)5-7(14)15/h6H,3-5,10H2,1-2H3,(H,11,16)(H,12,17)(H,14,15). The fraction of sp³-hybridized carbons (Fsp3) is 0.667. The fourth-order valence-electron chi connectivity index (χ4n) is 0.925. The maximum absolute atomic E-state index is 11.2. The van der Waals surface area contributed by atoms with Crippen LogP contribution in [0.4, 0.5) is 4.79 Å². The molecule has 0 radical (unpaired) electrons. The summed E-state index contributed by atoms with van der Waals surface area (Å²) in [6, 6.07) is -1.34. The largest absolute Gasteiger partial charge is 0.481 e. The van der Waals surface area contributed by atoms with Gasteiger partial charge in [-0.1, -0.05) is 0 Å². The molecule has 3 amide bonds. The van der Waals surface area contributed by atoms with Crippen molar-refractivity contribution < 1.29 is 19.5 Å². The van der Waals surface area contributed by atoms with Gasteiger partial charge in [-0.25, -0.2) is 4.79 Å². The molecule has 0 aliphatic carbocycles. The Morgan fingerprint density at radius 1 is 1.24 bits per heavy atom. The molecule has 17 heavy (non-hydrogen) atoms. The summed E-state index contributed by atoms with van der Waals surface area (Å²) in [6.07, 6.45) is -0.421. The second-order valence-electron chi connectivity index (χ2n) is 3.62. The molecule has 8 heteroatoms. The quantitative estimate of drug-likeness (QED) is 0.410. The number of nitrogens with two attached hydrogens (primary N) is 1. The van der Waals surface area contributed by atoms with Crippen LogP contribution in [0.25, 0.3) is 0 Å². The van der Waals surface area contributed by atoms with Crippen LogP contribution in [0.2, 0.25) is 0 Å². The summed E-state index contributed by atoms with van der Waals surface area (Å²) >= 11 is 0. The van der Waals surface area contributed by atoms with E-state index in [1.165, 1.54) is 4.90 Å². The van der Waals surface area contributed by atoms with Gasteiger partial charge in [0.25, 0.3) is 0 Å². The number of carbonyl (C=O) groups is 3. The van der Waals surface area contributed by atoms with Gasteiger partial charge in [-0.3, -0.25) is 9.59 Å². The van der Waals surface area contributed by atoms with Crippen LogP contribution in [-0.2, 0) is 9.59 Å². The van der Waals surface area contributed by atoms with Gasteiger partial charge in [-0.05, 0) is 0 Å². The zero-order valence-corrected chi connectivity index (χ0v) is 9.90. The third kappa shape index (κ3) is 7.12. The number of carboxylic acid groups (broad SMARTS) is 1. The Balaban J connectivity index is 3.71. The molecule has 1 unspecified atom stereocenters. The smallest absolute Gasteiger partial charge is 0.316 e. The van der Waals surface area contributed by atoms with Gasteiger partial charge in [0.15, 0.2) is 0 Å². The normalized spacial score (nSPS) is 11.5. The Morgan fingerprint density at radius 2 is 1.76 bits per heavy atom. The molecule has 0 aliphatic rings.